The molecule has 1 N–H and O–H groups in total. The third kappa shape index (κ3) is 4.03. The van der Waals surface area contributed by atoms with Gasteiger partial charge in [-0.15, -0.1) is 0 Å². The van der Waals surface area contributed by atoms with E-state index in [1.54, 1.807) is 15.7 Å². The number of hydrogen-bond donors (Lipinski definition) is 1. The monoisotopic (exact) mass is 409 g/mol. The summed E-state index contributed by atoms with van der Waals surface area (Å²) in [4.78, 5) is 40.8. The SMILES string of the molecule is CC(=O)N1CCc2c(cn(C3CCN(Cc4ccccc4)CC3)c(=O)c2C(=O)O)C1. The summed E-state index contributed by atoms with van der Waals surface area (Å²) < 4.78 is 1.62. The van der Waals surface area contributed by atoms with Crippen LogP contribution in [0.2, 0.25) is 0 Å². The molecule has 2 aromatic rings. The second kappa shape index (κ2) is 8.44. The quantitative estimate of drug-likeness (QED) is 0.838. The Kier molecular flexibility index (Phi) is 5.72. The minimum absolute atomic E-state index is 0.0272. The molecule has 7 heteroatoms. The summed E-state index contributed by atoms with van der Waals surface area (Å²) in [5.74, 6) is -1.21. The third-order valence-corrected chi connectivity index (χ3v) is 6.28. The van der Waals surface area contributed by atoms with Crippen LogP contribution in [0.5, 0.6) is 0 Å². The van der Waals surface area contributed by atoms with Gasteiger partial charge in [0.15, 0.2) is 0 Å². The van der Waals surface area contributed by atoms with Gasteiger partial charge in [0.1, 0.15) is 5.56 Å². The van der Waals surface area contributed by atoms with Crippen molar-refractivity contribution in [2.24, 2.45) is 0 Å². The minimum atomic E-state index is -1.18. The molecule has 1 amide bonds. The topological polar surface area (TPSA) is 82.9 Å². The van der Waals surface area contributed by atoms with Gasteiger partial charge in [-0.25, -0.2) is 4.79 Å². The largest absolute Gasteiger partial charge is 0.477 e. The van der Waals surface area contributed by atoms with E-state index in [9.17, 15) is 19.5 Å². The second-order valence-corrected chi connectivity index (χ2v) is 8.21. The van der Waals surface area contributed by atoms with Crippen molar-refractivity contribution in [1.82, 2.24) is 14.4 Å². The Labute approximate surface area is 175 Å². The van der Waals surface area contributed by atoms with Crippen LogP contribution in [0.3, 0.4) is 0 Å². The molecule has 0 bridgehead atoms. The van der Waals surface area contributed by atoms with Crippen LogP contribution in [0.15, 0.2) is 41.3 Å². The number of nitrogens with zero attached hydrogens (tertiary/aromatic N) is 3. The van der Waals surface area contributed by atoms with E-state index >= 15 is 0 Å². The van der Waals surface area contributed by atoms with E-state index in [0.717, 1.165) is 38.0 Å². The normalized spacial score (nSPS) is 17.6. The number of fused-ring (bicyclic) bond motifs is 1. The number of hydrogen-bond acceptors (Lipinski definition) is 4. The fourth-order valence-electron chi connectivity index (χ4n) is 4.63. The molecule has 4 rings (SSSR count). The Bertz CT molecular complexity index is 1010. The van der Waals surface area contributed by atoms with Gasteiger partial charge in [-0.05, 0) is 36.0 Å². The second-order valence-electron chi connectivity index (χ2n) is 8.21. The Morgan fingerprint density at radius 2 is 1.80 bits per heavy atom. The lowest BCUT2D eigenvalue weighted by Crippen LogP contribution is -2.41. The van der Waals surface area contributed by atoms with Crippen molar-refractivity contribution in [2.45, 2.75) is 45.3 Å². The highest BCUT2D eigenvalue weighted by Gasteiger charge is 2.29. The number of benzene rings is 1. The van der Waals surface area contributed by atoms with Gasteiger partial charge in [-0.2, -0.15) is 0 Å². The predicted molar refractivity (Wildman–Crippen MR) is 112 cm³/mol. The lowest BCUT2D eigenvalue weighted by molar-refractivity contribution is -0.129. The summed E-state index contributed by atoms with van der Waals surface area (Å²) in [6.45, 7) is 4.90. The first-order chi connectivity index (χ1) is 14.4. The van der Waals surface area contributed by atoms with Crippen molar-refractivity contribution >= 4 is 11.9 Å². The molecule has 1 aromatic carbocycles. The number of rotatable bonds is 4. The molecule has 0 saturated carbocycles. The molecule has 0 radical (unpaired) electrons. The maximum absolute atomic E-state index is 13.1. The van der Waals surface area contributed by atoms with E-state index in [1.807, 2.05) is 18.2 Å². The molecule has 0 aliphatic carbocycles. The summed E-state index contributed by atoms with van der Waals surface area (Å²) in [5.41, 5.74) is 2.09. The van der Waals surface area contributed by atoms with Crippen molar-refractivity contribution < 1.29 is 14.7 Å². The van der Waals surface area contributed by atoms with Crippen LogP contribution in [0.1, 0.15) is 52.9 Å². The van der Waals surface area contributed by atoms with Crippen LogP contribution in [0.4, 0.5) is 0 Å². The molecule has 7 nitrogen and oxygen atoms in total. The summed E-state index contributed by atoms with van der Waals surface area (Å²) >= 11 is 0. The number of carbonyl (C=O) groups is 2. The number of carbonyl (C=O) groups excluding carboxylic acids is 1. The number of pyridine rings is 1. The van der Waals surface area contributed by atoms with E-state index in [-0.39, 0.29) is 17.5 Å². The van der Waals surface area contributed by atoms with Gasteiger partial charge >= 0.3 is 5.97 Å². The molecule has 2 aliphatic rings. The summed E-state index contributed by atoms with van der Waals surface area (Å²) in [6, 6.07) is 10.3. The number of amides is 1. The maximum Gasteiger partial charge on any atom is 0.341 e. The highest BCUT2D eigenvalue weighted by atomic mass is 16.4. The van der Waals surface area contributed by atoms with E-state index in [1.165, 1.54) is 12.5 Å². The van der Waals surface area contributed by atoms with Crippen LogP contribution in [0, 0.1) is 0 Å². The first kappa shape index (κ1) is 20.3. The van der Waals surface area contributed by atoms with E-state index in [2.05, 4.69) is 17.0 Å². The summed E-state index contributed by atoms with van der Waals surface area (Å²) in [7, 11) is 0. The van der Waals surface area contributed by atoms with Crippen molar-refractivity contribution in [3.8, 4) is 0 Å². The molecular formula is C23H27N3O4. The lowest BCUT2D eigenvalue weighted by Gasteiger charge is -2.34. The Hall–Kier alpha value is -2.93. The van der Waals surface area contributed by atoms with Gasteiger partial charge in [0, 0.05) is 51.9 Å². The maximum atomic E-state index is 13.1. The molecule has 3 heterocycles. The number of carboxylic acid groups (broad SMARTS) is 1. The zero-order valence-electron chi connectivity index (χ0n) is 17.2. The zero-order chi connectivity index (χ0) is 21.3. The average Bonchev–Trinajstić information content (AvgIpc) is 2.74. The van der Waals surface area contributed by atoms with Crippen LogP contribution in [-0.2, 0) is 24.3 Å². The Balaban J connectivity index is 1.56. The van der Waals surface area contributed by atoms with Crippen molar-refractivity contribution in [2.75, 3.05) is 19.6 Å². The number of aromatic nitrogens is 1. The number of piperidine rings is 1. The molecule has 30 heavy (non-hydrogen) atoms. The van der Waals surface area contributed by atoms with Gasteiger partial charge in [0.2, 0.25) is 5.91 Å². The van der Waals surface area contributed by atoms with Gasteiger partial charge in [0.25, 0.3) is 5.56 Å². The first-order valence-electron chi connectivity index (χ1n) is 10.5. The van der Waals surface area contributed by atoms with Gasteiger partial charge in [-0.3, -0.25) is 14.5 Å². The highest BCUT2D eigenvalue weighted by molar-refractivity contribution is 5.89. The fraction of sp³-hybridized carbons (Fsp3) is 0.435. The van der Waals surface area contributed by atoms with E-state index < -0.39 is 11.5 Å². The van der Waals surface area contributed by atoms with Gasteiger partial charge < -0.3 is 14.6 Å². The van der Waals surface area contributed by atoms with Crippen LogP contribution < -0.4 is 5.56 Å². The third-order valence-electron chi connectivity index (χ3n) is 6.28. The fourth-order valence-corrected chi connectivity index (χ4v) is 4.63. The van der Waals surface area contributed by atoms with Crippen LogP contribution >= 0.6 is 0 Å². The zero-order valence-corrected chi connectivity index (χ0v) is 17.2. The molecule has 2 aliphatic heterocycles. The minimum Gasteiger partial charge on any atom is -0.477 e. The van der Waals surface area contributed by atoms with Crippen molar-refractivity contribution in [3.05, 3.63) is 69.1 Å². The Morgan fingerprint density at radius 3 is 2.43 bits per heavy atom. The lowest BCUT2D eigenvalue weighted by atomic mass is 9.95. The standard InChI is InChI=1S/C23H27N3O4/c1-16(27)25-12-9-20-18(14-25)15-26(22(28)21(20)23(29)30)19-7-10-24(11-8-19)13-17-5-3-2-4-6-17/h2-6,15,19H,7-14H2,1H3,(H,29,30). The summed E-state index contributed by atoms with van der Waals surface area (Å²) in [6.07, 6.45) is 3.79. The highest BCUT2D eigenvalue weighted by Crippen LogP contribution is 2.26. The number of carboxylic acids is 1. The molecule has 158 valence electrons. The van der Waals surface area contributed by atoms with Crippen molar-refractivity contribution in [1.29, 1.82) is 0 Å². The molecule has 0 atom stereocenters. The van der Waals surface area contributed by atoms with Crippen molar-refractivity contribution in [3.63, 3.8) is 0 Å². The number of likely N-dealkylation sites (tertiary alicyclic amines) is 1. The smallest absolute Gasteiger partial charge is 0.341 e. The first-order valence-corrected chi connectivity index (χ1v) is 10.5. The predicted octanol–water partition coefficient (Wildman–Crippen LogP) is 2.29. The Morgan fingerprint density at radius 1 is 1.10 bits per heavy atom. The van der Waals surface area contributed by atoms with Gasteiger partial charge in [0.05, 0.1) is 0 Å². The molecule has 1 saturated heterocycles. The number of aromatic carboxylic acids is 1. The van der Waals surface area contributed by atoms with E-state index in [4.69, 9.17) is 0 Å². The molecule has 1 aromatic heterocycles. The molecule has 1 fully saturated rings. The molecular weight excluding hydrogens is 382 g/mol. The molecule has 0 spiro atoms. The molecule has 0 unspecified atom stereocenters. The van der Waals surface area contributed by atoms with Crippen LogP contribution in [0.25, 0.3) is 0 Å². The average molecular weight is 409 g/mol. The summed E-state index contributed by atoms with van der Waals surface area (Å²) in [5, 5.41) is 9.72. The van der Waals surface area contributed by atoms with E-state index in [0.29, 0.717) is 25.1 Å². The van der Waals surface area contributed by atoms with Gasteiger partial charge in [-0.1, -0.05) is 30.3 Å². The van der Waals surface area contributed by atoms with Crippen LogP contribution in [-0.4, -0.2) is 51.0 Å².